The third kappa shape index (κ3) is 6.95. The third-order valence-corrected chi connectivity index (χ3v) is 14.2. The lowest BCUT2D eigenvalue weighted by atomic mass is 10.0. The van der Waals surface area contributed by atoms with Gasteiger partial charge in [-0.05, 0) is 143 Å². The van der Waals surface area contributed by atoms with E-state index in [4.69, 9.17) is 15.4 Å². The van der Waals surface area contributed by atoms with Crippen LogP contribution in [-0.2, 0) is 0 Å². The number of para-hydroxylation sites is 2. The van der Waals surface area contributed by atoms with Gasteiger partial charge in [0.25, 0.3) is 0 Å². The quantitative estimate of drug-likeness (QED) is 0.142. The van der Waals surface area contributed by atoms with Crippen LogP contribution in [0.2, 0.25) is 0 Å². The van der Waals surface area contributed by atoms with Crippen LogP contribution in [0.3, 0.4) is 0 Å². The summed E-state index contributed by atoms with van der Waals surface area (Å²) in [5, 5.41) is 18.5. The van der Waals surface area contributed by atoms with Gasteiger partial charge in [0.05, 0.1) is 29.2 Å². The molecule has 0 saturated heterocycles. The molecule has 73 heavy (non-hydrogen) atoms. The van der Waals surface area contributed by atoms with E-state index < -0.39 is 0 Å². The molecule has 0 bridgehead atoms. The summed E-state index contributed by atoms with van der Waals surface area (Å²) in [4.78, 5) is 8.16. The zero-order valence-corrected chi connectivity index (χ0v) is 39.1. The molecule has 0 unspecified atom stereocenters. The monoisotopic (exact) mass is 933 g/mol. The van der Waals surface area contributed by atoms with E-state index in [1.807, 2.05) is 91.0 Å². The maximum atomic E-state index is 9.80. The second kappa shape index (κ2) is 16.7. The first-order valence-corrected chi connectivity index (χ1v) is 24.1. The van der Waals surface area contributed by atoms with Crippen molar-refractivity contribution >= 4 is 116 Å². The van der Waals surface area contributed by atoms with Crippen LogP contribution in [0.4, 0.5) is 39.8 Å². The molecule has 0 aliphatic heterocycles. The molecule has 0 saturated carbocycles. The Balaban J connectivity index is 0.971. The Morgan fingerprint density at radius 3 is 1.49 bits per heavy atom. The maximum absolute atomic E-state index is 9.80. The summed E-state index contributed by atoms with van der Waals surface area (Å²) in [5.74, 6) is 0. The van der Waals surface area contributed by atoms with Crippen molar-refractivity contribution in [2.24, 2.45) is 0 Å². The first-order chi connectivity index (χ1) is 36.0. The standard InChI is InChI=1S/C66H39N5O2/c1-68-47-20-27-49(28-21-47)69(53-30-33-58-56-11-5-7-13-63(56)72-65(58)39-53)51-26-19-45-36-60-55-32-29-52(38-62(55)71(61(60)37-46(45)35-51)50-24-17-44(18-25-50)43-9-3-2-4-10-43)70(48-22-15-42(41-67)16-23-48)54-31-34-59-57-12-6-8-14-64(57)73-66(59)40-54/h2-40H. The van der Waals surface area contributed by atoms with Gasteiger partial charge in [0.1, 0.15) is 22.3 Å². The molecular formula is C66H39N5O2. The van der Waals surface area contributed by atoms with Gasteiger partial charge in [-0.3, -0.25) is 0 Å². The molecule has 14 aromatic rings. The predicted molar refractivity (Wildman–Crippen MR) is 299 cm³/mol. The molecule has 0 spiro atoms. The maximum Gasteiger partial charge on any atom is 0.187 e. The Morgan fingerprint density at radius 2 is 0.877 bits per heavy atom. The van der Waals surface area contributed by atoms with Crippen LogP contribution in [0.15, 0.2) is 245 Å². The fraction of sp³-hybridized carbons (Fsp3) is 0. The minimum atomic E-state index is 0.581. The summed E-state index contributed by atoms with van der Waals surface area (Å²) in [6, 6.07) is 84.1. The molecule has 0 amide bonds. The highest BCUT2D eigenvalue weighted by Crippen LogP contribution is 2.45. The number of benzene rings is 11. The first-order valence-electron chi connectivity index (χ1n) is 24.1. The van der Waals surface area contributed by atoms with Gasteiger partial charge in [0, 0.05) is 84.3 Å². The molecule has 3 heterocycles. The Labute approximate surface area is 419 Å². The molecule has 340 valence electrons. The van der Waals surface area contributed by atoms with E-state index in [2.05, 4.69) is 171 Å². The van der Waals surface area contributed by atoms with E-state index in [1.165, 1.54) is 0 Å². The van der Waals surface area contributed by atoms with Gasteiger partial charge in [-0.25, -0.2) is 4.85 Å². The van der Waals surface area contributed by atoms with Gasteiger partial charge in [-0.1, -0.05) is 103 Å². The normalized spacial score (nSPS) is 11.5. The number of furan rings is 2. The van der Waals surface area contributed by atoms with Crippen LogP contribution in [0.25, 0.3) is 98.1 Å². The third-order valence-electron chi connectivity index (χ3n) is 14.2. The number of nitrogens with zero attached hydrogens (tertiary/aromatic N) is 5. The molecule has 14 rings (SSSR count). The Hall–Kier alpha value is -10.3. The van der Waals surface area contributed by atoms with Crippen molar-refractivity contribution in [3.63, 3.8) is 0 Å². The van der Waals surface area contributed by atoms with E-state index in [0.29, 0.717) is 11.3 Å². The SMILES string of the molecule is [C-]#[N+]c1ccc(N(c2ccc3cc4c5ccc(N(c6ccc(C#N)cc6)c6ccc7c(c6)oc6ccccc67)cc5n(-c5ccc(-c6ccccc6)cc5)c4cc3c2)c2ccc3c(c2)oc2ccccc23)cc1. The number of aromatic nitrogens is 1. The molecule has 0 fully saturated rings. The van der Waals surface area contributed by atoms with Gasteiger partial charge >= 0.3 is 0 Å². The highest BCUT2D eigenvalue weighted by molar-refractivity contribution is 6.15. The van der Waals surface area contributed by atoms with Crippen molar-refractivity contribution < 1.29 is 8.83 Å². The molecule has 0 N–H and O–H groups in total. The molecule has 0 radical (unpaired) electrons. The lowest BCUT2D eigenvalue weighted by Gasteiger charge is -2.26. The van der Waals surface area contributed by atoms with E-state index >= 15 is 0 Å². The van der Waals surface area contributed by atoms with Crippen LogP contribution in [-0.4, -0.2) is 4.57 Å². The van der Waals surface area contributed by atoms with Gasteiger partial charge in [0.2, 0.25) is 0 Å². The van der Waals surface area contributed by atoms with E-state index in [9.17, 15) is 5.26 Å². The molecule has 0 atom stereocenters. The second-order valence-electron chi connectivity index (χ2n) is 18.4. The molecule has 7 nitrogen and oxygen atoms in total. The van der Waals surface area contributed by atoms with Crippen LogP contribution >= 0.6 is 0 Å². The number of hydrogen-bond donors (Lipinski definition) is 0. The van der Waals surface area contributed by atoms with E-state index in [-0.39, 0.29) is 0 Å². The number of hydrogen-bond acceptors (Lipinski definition) is 5. The Kier molecular flexibility index (Phi) is 9.50. The highest BCUT2D eigenvalue weighted by atomic mass is 16.3. The smallest absolute Gasteiger partial charge is 0.187 e. The largest absolute Gasteiger partial charge is 0.456 e. The van der Waals surface area contributed by atoms with Crippen molar-refractivity contribution in [1.82, 2.24) is 4.57 Å². The van der Waals surface area contributed by atoms with Crippen molar-refractivity contribution in [2.45, 2.75) is 0 Å². The molecule has 7 heteroatoms. The molecule has 0 aliphatic rings. The molecule has 11 aromatic carbocycles. The van der Waals surface area contributed by atoms with Gasteiger partial charge in [-0.2, -0.15) is 5.26 Å². The van der Waals surface area contributed by atoms with Crippen LogP contribution < -0.4 is 9.80 Å². The summed E-state index contributed by atoms with van der Waals surface area (Å²) in [6.45, 7) is 7.67. The predicted octanol–water partition coefficient (Wildman–Crippen LogP) is 18.8. The average Bonchev–Trinajstić information content (AvgIpc) is 4.12. The Bertz CT molecular complexity index is 4570. The molecular weight excluding hydrogens is 895 g/mol. The topological polar surface area (TPSA) is 65.8 Å². The average molecular weight is 934 g/mol. The summed E-state index contributed by atoms with van der Waals surface area (Å²) in [5.41, 5.74) is 15.5. The summed E-state index contributed by atoms with van der Waals surface area (Å²) in [7, 11) is 0. The number of anilines is 6. The van der Waals surface area contributed by atoms with Gasteiger partial charge < -0.3 is 23.2 Å². The summed E-state index contributed by atoms with van der Waals surface area (Å²) in [6.07, 6.45) is 0. The minimum absolute atomic E-state index is 0.581. The van der Waals surface area contributed by atoms with Crippen molar-refractivity contribution in [3.8, 4) is 22.9 Å². The number of nitriles is 1. The Morgan fingerprint density at radius 1 is 0.384 bits per heavy atom. The molecule has 3 aromatic heterocycles. The number of rotatable bonds is 8. The summed E-state index contributed by atoms with van der Waals surface area (Å²) >= 11 is 0. The zero-order chi connectivity index (χ0) is 48.6. The van der Waals surface area contributed by atoms with E-state index in [0.717, 1.165) is 127 Å². The minimum Gasteiger partial charge on any atom is -0.456 e. The van der Waals surface area contributed by atoms with Crippen LogP contribution in [0.5, 0.6) is 0 Å². The van der Waals surface area contributed by atoms with E-state index in [1.54, 1.807) is 0 Å². The molecule has 0 aliphatic carbocycles. The first kappa shape index (κ1) is 41.6. The van der Waals surface area contributed by atoms with Gasteiger partial charge in [-0.15, -0.1) is 0 Å². The lowest BCUT2D eigenvalue weighted by molar-refractivity contribution is 0.668. The van der Waals surface area contributed by atoms with Crippen molar-refractivity contribution in [1.29, 1.82) is 5.26 Å². The second-order valence-corrected chi connectivity index (χ2v) is 18.4. The van der Waals surface area contributed by atoms with Crippen molar-refractivity contribution in [3.05, 3.63) is 254 Å². The fourth-order valence-electron chi connectivity index (χ4n) is 10.7. The van der Waals surface area contributed by atoms with Crippen molar-refractivity contribution in [2.75, 3.05) is 9.80 Å². The van der Waals surface area contributed by atoms with Crippen LogP contribution in [0, 0.1) is 17.9 Å². The highest BCUT2D eigenvalue weighted by Gasteiger charge is 2.22. The van der Waals surface area contributed by atoms with Crippen LogP contribution in [0.1, 0.15) is 5.56 Å². The lowest BCUT2D eigenvalue weighted by Crippen LogP contribution is -2.10. The zero-order valence-electron chi connectivity index (χ0n) is 39.1. The van der Waals surface area contributed by atoms with Gasteiger partial charge in [0.15, 0.2) is 5.69 Å². The summed E-state index contributed by atoms with van der Waals surface area (Å²) < 4.78 is 15.2. The fourth-order valence-corrected chi connectivity index (χ4v) is 10.7. The number of fused-ring (bicyclic) bond motifs is 10.